The summed E-state index contributed by atoms with van der Waals surface area (Å²) < 4.78 is 26.4. The first-order valence-corrected chi connectivity index (χ1v) is 8.40. The highest BCUT2D eigenvalue weighted by molar-refractivity contribution is 7.89. The fraction of sp³-hybridized carbons (Fsp3) is 0.200. The van der Waals surface area contributed by atoms with Crippen molar-refractivity contribution in [1.29, 1.82) is 0 Å². The van der Waals surface area contributed by atoms with Crippen molar-refractivity contribution in [2.75, 3.05) is 19.4 Å². The van der Waals surface area contributed by atoms with Crippen LogP contribution in [-0.4, -0.2) is 33.4 Å². The van der Waals surface area contributed by atoms with Gasteiger partial charge in [0.2, 0.25) is 10.0 Å². The van der Waals surface area contributed by atoms with Crippen molar-refractivity contribution in [1.82, 2.24) is 15.0 Å². The molecule has 0 radical (unpaired) electrons. The number of aromatic nitrogens is 1. The van der Waals surface area contributed by atoms with Crippen LogP contribution in [0.2, 0.25) is 0 Å². The Balaban J connectivity index is 2.28. The minimum Gasteiger partial charge on any atom is -0.365 e. The van der Waals surface area contributed by atoms with Crippen molar-refractivity contribution in [2.45, 2.75) is 11.4 Å². The van der Waals surface area contributed by atoms with Crippen molar-refractivity contribution < 1.29 is 13.2 Å². The first-order valence-electron chi connectivity index (χ1n) is 6.92. The Morgan fingerprint density at radius 3 is 2.57 bits per heavy atom. The largest absolute Gasteiger partial charge is 0.365 e. The minimum atomic E-state index is -3.55. The first-order chi connectivity index (χ1) is 11.0. The monoisotopic (exact) mass is 334 g/mol. The lowest BCUT2D eigenvalue weighted by atomic mass is 10.2. The van der Waals surface area contributed by atoms with Crippen molar-refractivity contribution >= 4 is 21.7 Å². The normalized spacial score (nSPS) is 11.0. The summed E-state index contributed by atoms with van der Waals surface area (Å²) in [6.45, 7) is 0.220. The van der Waals surface area contributed by atoms with Crippen LogP contribution in [0.4, 0.5) is 5.82 Å². The molecule has 0 bridgehead atoms. The van der Waals surface area contributed by atoms with Gasteiger partial charge in [-0.15, -0.1) is 0 Å². The van der Waals surface area contributed by atoms with E-state index in [-0.39, 0.29) is 17.3 Å². The van der Waals surface area contributed by atoms with Gasteiger partial charge in [0.15, 0.2) is 0 Å². The lowest BCUT2D eigenvalue weighted by Crippen LogP contribution is -2.22. The number of nitrogens with one attached hydrogen (secondary N) is 3. The molecule has 0 spiro atoms. The van der Waals surface area contributed by atoms with E-state index in [1.165, 1.54) is 20.2 Å². The molecule has 1 heterocycles. The Bertz CT molecular complexity index is 806. The molecule has 7 nitrogen and oxygen atoms in total. The molecule has 1 aromatic carbocycles. The van der Waals surface area contributed by atoms with Crippen LogP contribution in [0.3, 0.4) is 0 Å². The maximum absolute atomic E-state index is 12.0. The average molecular weight is 334 g/mol. The highest BCUT2D eigenvalue weighted by Gasteiger charge is 2.16. The molecule has 0 aliphatic heterocycles. The molecule has 23 heavy (non-hydrogen) atoms. The standard InChI is InChI=1S/C15H18N4O3S/c1-16-15(20)12-7-5-9-18-14(12)19-10-11-6-3-4-8-13(11)23(21,22)17-2/h3-9,17H,10H2,1-2H3,(H,16,20)(H,18,19). The predicted molar refractivity (Wildman–Crippen MR) is 87.6 cm³/mol. The Hall–Kier alpha value is -2.45. The number of hydrogen-bond donors (Lipinski definition) is 3. The van der Waals surface area contributed by atoms with Crippen LogP contribution in [0.15, 0.2) is 47.5 Å². The summed E-state index contributed by atoms with van der Waals surface area (Å²) in [5, 5.41) is 5.56. The maximum atomic E-state index is 12.0. The molecule has 8 heteroatoms. The molecule has 0 fully saturated rings. The molecule has 2 rings (SSSR count). The van der Waals surface area contributed by atoms with Gasteiger partial charge >= 0.3 is 0 Å². The van der Waals surface area contributed by atoms with Gasteiger partial charge < -0.3 is 10.6 Å². The van der Waals surface area contributed by atoms with Crippen molar-refractivity contribution in [3.63, 3.8) is 0 Å². The van der Waals surface area contributed by atoms with E-state index >= 15 is 0 Å². The van der Waals surface area contributed by atoms with Gasteiger partial charge in [0, 0.05) is 19.8 Å². The van der Waals surface area contributed by atoms with Crippen LogP contribution in [0.25, 0.3) is 0 Å². The van der Waals surface area contributed by atoms with E-state index in [2.05, 4.69) is 20.3 Å². The third kappa shape index (κ3) is 3.85. The van der Waals surface area contributed by atoms with Gasteiger partial charge in [-0.05, 0) is 30.8 Å². The Morgan fingerprint density at radius 1 is 1.13 bits per heavy atom. The number of pyridine rings is 1. The molecule has 0 aliphatic rings. The second-order valence-corrected chi connectivity index (χ2v) is 6.50. The van der Waals surface area contributed by atoms with Crippen LogP contribution in [-0.2, 0) is 16.6 Å². The number of carbonyl (C=O) groups is 1. The van der Waals surface area contributed by atoms with Gasteiger partial charge in [-0.25, -0.2) is 18.1 Å². The zero-order valence-electron chi connectivity index (χ0n) is 12.8. The van der Waals surface area contributed by atoms with Crippen LogP contribution in [0.1, 0.15) is 15.9 Å². The topological polar surface area (TPSA) is 100 Å². The van der Waals surface area contributed by atoms with Gasteiger partial charge in [0.25, 0.3) is 5.91 Å². The molecule has 122 valence electrons. The molecule has 0 unspecified atom stereocenters. The molecule has 0 saturated carbocycles. The van der Waals surface area contributed by atoms with Gasteiger partial charge in [0.05, 0.1) is 10.5 Å². The van der Waals surface area contributed by atoms with Crippen LogP contribution >= 0.6 is 0 Å². The first kappa shape index (κ1) is 16.9. The fourth-order valence-electron chi connectivity index (χ4n) is 2.07. The smallest absolute Gasteiger partial charge is 0.254 e. The molecule has 1 amide bonds. The Kier molecular flexibility index (Phi) is 5.30. The SMILES string of the molecule is CNC(=O)c1cccnc1NCc1ccccc1S(=O)(=O)NC. The number of carbonyl (C=O) groups excluding carboxylic acids is 1. The van der Waals surface area contributed by atoms with Crippen molar-refractivity contribution in [3.05, 3.63) is 53.7 Å². The van der Waals surface area contributed by atoms with Gasteiger partial charge in [-0.2, -0.15) is 0 Å². The van der Waals surface area contributed by atoms with Crippen molar-refractivity contribution in [3.8, 4) is 0 Å². The highest BCUT2D eigenvalue weighted by Crippen LogP contribution is 2.18. The lowest BCUT2D eigenvalue weighted by molar-refractivity contribution is 0.0963. The zero-order valence-corrected chi connectivity index (χ0v) is 13.6. The molecular formula is C15H18N4O3S. The summed E-state index contributed by atoms with van der Waals surface area (Å²) >= 11 is 0. The second kappa shape index (κ2) is 7.21. The van der Waals surface area contributed by atoms with Gasteiger partial charge in [-0.3, -0.25) is 4.79 Å². The third-order valence-corrected chi connectivity index (χ3v) is 4.77. The van der Waals surface area contributed by atoms with E-state index in [1.807, 2.05) is 0 Å². The minimum absolute atomic E-state index is 0.187. The molecule has 0 aliphatic carbocycles. The summed E-state index contributed by atoms with van der Waals surface area (Å²) in [6, 6.07) is 9.95. The van der Waals surface area contributed by atoms with Gasteiger partial charge in [0.1, 0.15) is 5.82 Å². The van der Waals surface area contributed by atoms with E-state index < -0.39 is 10.0 Å². The summed E-state index contributed by atoms with van der Waals surface area (Å²) in [7, 11) is -0.655. The summed E-state index contributed by atoms with van der Waals surface area (Å²) in [4.78, 5) is 16.1. The molecule has 0 atom stereocenters. The maximum Gasteiger partial charge on any atom is 0.254 e. The second-order valence-electron chi connectivity index (χ2n) is 4.65. The summed E-state index contributed by atoms with van der Waals surface area (Å²) in [5.41, 5.74) is 0.972. The molecule has 1 aromatic heterocycles. The molecular weight excluding hydrogens is 316 g/mol. The Morgan fingerprint density at radius 2 is 1.87 bits per heavy atom. The summed E-state index contributed by atoms with van der Waals surface area (Å²) in [5.74, 6) is 0.125. The van der Waals surface area contributed by atoms with Gasteiger partial charge in [-0.1, -0.05) is 18.2 Å². The number of nitrogens with zero attached hydrogens (tertiary/aromatic N) is 1. The van der Waals surface area contributed by atoms with Crippen molar-refractivity contribution in [2.24, 2.45) is 0 Å². The number of anilines is 1. The number of amides is 1. The third-order valence-electron chi connectivity index (χ3n) is 3.26. The predicted octanol–water partition coefficient (Wildman–Crippen LogP) is 0.961. The number of rotatable bonds is 6. The Labute approximate surface area is 135 Å². The number of benzene rings is 1. The van der Waals surface area contributed by atoms with E-state index in [4.69, 9.17) is 0 Å². The molecule has 3 N–H and O–H groups in total. The van der Waals surface area contributed by atoms with E-state index in [0.717, 1.165) is 0 Å². The van der Waals surface area contributed by atoms with E-state index in [1.54, 1.807) is 36.5 Å². The van der Waals surface area contributed by atoms with Crippen LogP contribution in [0, 0.1) is 0 Å². The van der Waals surface area contributed by atoms with Crippen LogP contribution < -0.4 is 15.4 Å². The number of sulfonamides is 1. The molecule has 0 saturated heterocycles. The highest BCUT2D eigenvalue weighted by atomic mass is 32.2. The summed E-state index contributed by atoms with van der Waals surface area (Å²) in [6.07, 6.45) is 1.56. The van der Waals surface area contributed by atoms with Crippen LogP contribution in [0.5, 0.6) is 0 Å². The van der Waals surface area contributed by atoms with E-state index in [0.29, 0.717) is 16.9 Å². The van der Waals surface area contributed by atoms with E-state index in [9.17, 15) is 13.2 Å². The quantitative estimate of drug-likeness (QED) is 0.731. The lowest BCUT2D eigenvalue weighted by Gasteiger charge is -2.13. The number of hydrogen-bond acceptors (Lipinski definition) is 5. The molecule has 2 aromatic rings. The fourth-order valence-corrected chi connectivity index (χ4v) is 3.03. The zero-order chi connectivity index (χ0) is 16.9. The average Bonchev–Trinajstić information content (AvgIpc) is 2.59.